The summed E-state index contributed by atoms with van der Waals surface area (Å²) in [6.07, 6.45) is 13.9. The Balaban J connectivity index is 1.68. The second-order valence-corrected chi connectivity index (χ2v) is 6.64. The van der Waals surface area contributed by atoms with Gasteiger partial charge in [-0.15, -0.1) is 0 Å². The lowest BCUT2D eigenvalue weighted by Crippen LogP contribution is -2.35. The molecule has 2 heteroatoms. The van der Waals surface area contributed by atoms with E-state index in [-0.39, 0.29) is 5.60 Å². The first-order valence-corrected chi connectivity index (χ1v) is 8.38. The van der Waals surface area contributed by atoms with E-state index in [1.54, 1.807) is 6.26 Å². The smallest absolute Gasteiger partial charge is 0.138 e. The lowest BCUT2D eigenvalue weighted by molar-refractivity contribution is -0.103. The van der Waals surface area contributed by atoms with E-state index in [1.807, 2.05) is 0 Å². The monoisotopic (exact) mass is 278 g/mol. The minimum absolute atomic E-state index is 0.261. The van der Waals surface area contributed by atoms with Crippen molar-refractivity contribution >= 4 is 0 Å². The molecule has 0 N–H and O–H groups in total. The third kappa shape index (κ3) is 4.12. The van der Waals surface area contributed by atoms with Crippen LogP contribution in [0.25, 0.3) is 0 Å². The van der Waals surface area contributed by atoms with Crippen LogP contribution in [0.5, 0.6) is 0 Å². The first-order valence-electron chi connectivity index (χ1n) is 8.38. The van der Waals surface area contributed by atoms with Gasteiger partial charge in [0.15, 0.2) is 0 Å². The van der Waals surface area contributed by atoms with E-state index in [0.717, 1.165) is 12.2 Å². The molecule has 0 saturated carbocycles. The molecule has 1 aliphatic rings. The topological polar surface area (TPSA) is 22.4 Å². The summed E-state index contributed by atoms with van der Waals surface area (Å²) in [7, 11) is 0. The zero-order valence-corrected chi connectivity index (χ0v) is 13.4. The normalized spacial score (nSPS) is 20.9. The van der Waals surface area contributed by atoms with Crippen molar-refractivity contribution in [2.75, 3.05) is 0 Å². The van der Waals surface area contributed by atoms with Gasteiger partial charge in [-0.1, -0.05) is 51.9 Å². The van der Waals surface area contributed by atoms with Crippen molar-refractivity contribution in [1.29, 1.82) is 0 Å². The molecule has 1 aromatic rings. The van der Waals surface area contributed by atoms with Gasteiger partial charge in [0.2, 0.25) is 0 Å². The molecule has 0 saturated heterocycles. The lowest BCUT2D eigenvalue weighted by Gasteiger charge is -2.34. The summed E-state index contributed by atoms with van der Waals surface area (Å²) in [6, 6.07) is 2.11. The summed E-state index contributed by atoms with van der Waals surface area (Å²) in [6.45, 7) is 6.50. The standard InChI is InChI=1S/C18H30O2/c1-4-5-6-7-8-9-10-11-16-14-15-12-13-19-17(15)18(2,3)20-16/h12-13,16H,4-11,14H2,1-3H3. The number of furan rings is 1. The Hall–Kier alpha value is -0.760. The molecular weight excluding hydrogens is 248 g/mol. The van der Waals surface area contributed by atoms with Crippen molar-refractivity contribution in [1.82, 2.24) is 0 Å². The summed E-state index contributed by atoms with van der Waals surface area (Å²) in [5.41, 5.74) is 1.08. The largest absolute Gasteiger partial charge is 0.466 e. The number of rotatable bonds is 8. The number of unbranched alkanes of at least 4 members (excludes halogenated alkanes) is 6. The SMILES string of the molecule is CCCCCCCCCC1Cc2ccoc2C(C)(C)O1. The van der Waals surface area contributed by atoms with Gasteiger partial charge in [0, 0.05) is 6.42 Å². The third-order valence-electron chi connectivity index (χ3n) is 4.33. The zero-order chi connectivity index (χ0) is 14.4. The van der Waals surface area contributed by atoms with Gasteiger partial charge in [0.1, 0.15) is 11.4 Å². The minimum Gasteiger partial charge on any atom is -0.466 e. The zero-order valence-electron chi connectivity index (χ0n) is 13.4. The molecule has 20 heavy (non-hydrogen) atoms. The lowest BCUT2D eigenvalue weighted by atomic mass is 9.92. The van der Waals surface area contributed by atoms with Crippen molar-refractivity contribution in [2.24, 2.45) is 0 Å². The maximum atomic E-state index is 6.21. The average Bonchev–Trinajstić information content (AvgIpc) is 2.86. The highest BCUT2D eigenvalue weighted by Gasteiger charge is 2.36. The summed E-state index contributed by atoms with van der Waals surface area (Å²) in [5.74, 6) is 1.02. The van der Waals surface area contributed by atoms with Crippen molar-refractivity contribution in [3.8, 4) is 0 Å². The maximum Gasteiger partial charge on any atom is 0.138 e. The Morgan fingerprint density at radius 1 is 1.10 bits per heavy atom. The fourth-order valence-corrected chi connectivity index (χ4v) is 3.27. The van der Waals surface area contributed by atoms with E-state index in [0.29, 0.717) is 6.10 Å². The van der Waals surface area contributed by atoms with Crippen LogP contribution in [0.1, 0.15) is 83.5 Å². The molecule has 0 radical (unpaired) electrons. The molecular formula is C18H30O2. The van der Waals surface area contributed by atoms with Crippen molar-refractivity contribution in [3.05, 3.63) is 23.7 Å². The Morgan fingerprint density at radius 2 is 1.80 bits per heavy atom. The van der Waals surface area contributed by atoms with Gasteiger partial charge in [0.05, 0.1) is 12.4 Å². The fraction of sp³-hybridized carbons (Fsp3) is 0.778. The number of hydrogen-bond donors (Lipinski definition) is 0. The molecule has 2 rings (SSSR count). The van der Waals surface area contributed by atoms with Crippen molar-refractivity contribution in [3.63, 3.8) is 0 Å². The average molecular weight is 278 g/mol. The molecule has 114 valence electrons. The van der Waals surface area contributed by atoms with Gasteiger partial charge in [-0.2, -0.15) is 0 Å². The Labute approximate surface area is 123 Å². The third-order valence-corrected chi connectivity index (χ3v) is 4.33. The minimum atomic E-state index is -0.261. The molecule has 1 unspecified atom stereocenters. The van der Waals surface area contributed by atoms with Gasteiger partial charge < -0.3 is 9.15 Å². The molecule has 2 nitrogen and oxygen atoms in total. The van der Waals surface area contributed by atoms with E-state index >= 15 is 0 Å². The van der Waals surface area contributed by atoms with Crippen LogP contribution in [0.15, 0.2) is 16.7 Å². The summed E-state index contributed by atoms with van der Waals surface area (Å²) in [5, 5.41) is 0. The van der Waals surface area contributed by atoms with Crippen molar-refractivity contribution in [2.45, 2.75) is 90.3 Å². The van der Waals surface area contributed by atoms with Crippen LogP contribution in [0.4, 0.5) is 0 Å². The molecule has 0 fully saturated rings. The summed E-state index contributed by atoms with van der Waals surface area (Å²) >= 11 is 0. The molecule has 1 aromatic heterocycles. The number of hydrogen-bond acceptors (Lipinski definition) is 2. The maximum absolute atomic E-state index is 6.21. The predicted molar refractivity (Wildman–Crippen MR) is 82.9 cm³/mol. The second kappa shape index (κ2) is 7.31. The van der Waals surface area contributed by atoms with Crippen LogP contribution >= 0.6 is 0 Å². The molecule has 0 bridgehead atoms. The van der Waals surface area contributed by atoms with Crippen LogP contribution in [0, 0.1) is 0 Å². The fourth-order valence-electron chi connectivity index (χ4n) is 3.27. The molecule has 0 spiro atoms. The van der Waals surface area contributed by atoms with Gasteiger partial charge >= 0.3 is 0 Å². The van der Waals surface area contributed by atoms with E-state index in [2.05, 4.69) is 26.8 Å². The van der Waals surface area contributed by atoms with Crippen LogP contribution in [0.3, 0.4) is 0 Å². The first kappa shape index (κ1) is 15.6. The van der Waals surface area contributed by atoms with Gasteiger partial charge in [-0.25, -0.2) is 0 Å². The number of ether oxygens (including phenoxy) is 1. The molecule has 1 atom stereocenters. The second-order valence-electron chi connectivity index (χ2n) is 6.64. The van der Waals surface area contributed by atoms with E-state index < -0.39 is 0 Å². The van der Waals surface area contributed by atoms with E-state index in [1.165, 1.54) is 56.9 Å². The molecule has 0 aromatic carbocycles. The van der Waals surface area contributed by atoms with Gasteiger partial charge in [-0.3, -0.25) is 0 Å². The van der Waals surface area contributed by atoms with Gasteiger partial charge in [-0.05, 0) is 31.9 Å². The highest BCUT2D eigenvalue weighted by Crippen LogP contribution is 2.37. The summed E-state index contributed by atoms with van der Waals surface area (Å²) < 4.78 is 11.8. The highest BCUT2D eigenvalue weighted by molar-refractivity contribution is 5.25. The van der Waals surface area contributed by atoms with Crippen LogP contribution in [0.2, 0.25) is 0 Å². The van der Waals surface area contributed by atoms with E-state index in [9.17, 15) is 0 Å². The first-order chi connectivity index (χ1) is 9.63. The molecule has 2 heterocycles. The van der Waals surface area contributed by atoms with Crippen LogP contribution < -0.4 is 0 Å². The molecule has 0 amide bonds. The Bertz CT molecular complexity index is 392. The van der Waals surface area contributed by atoms with Crippen LogP contribution in [-0.2, 0) is 16.8 Å². The molecule has 0 aliphatic carbocycles. The summed E-state index contributed by atoms with van der Waals surface area (Å²) in [4.78, 5) is 0. The quantitative estimate of drug-likeness (QED) is 0.578. The Morgan fingerprint density at radius 3 is 2.55 bits per heavy atom. The van der Waals surface area contributed by atoms with Crippen LogP contribution in [-0.4, -0.2) is 6.10 Å². The van der Waals surface area contributed by atoms with Gasteiger partial charge in [0.25, 0.3) is 0 Å². The number of fused-ring (bicyclic) bond motifs is 1. The van der Waals surface area contributed by atoms with E-state index in [4.69, 9.17) is 9.15 Å². The predicted octanol–water partition coefficient (Wildman–Crippen LogP) is 5.60. The highest BCUT2D eigenvalue weighted by atomic mass is 16.5. The van der Waals surface area contributed by atoms with Crippen molar-refractivity contribution < 1.29 is 9.15 Å². The Kier molecular flexibility index (Phi) is 5.71. The molecule has 1 aliphatic heterocycles.